The molecule has 0 unspecified atom stereocenters. The molecule has 0 aliphatic carbocycles. The van der Waals surface area contributed by atoms with Crippen LogP contribution < -0.4 is 19.6 Å². The molecule has 0 fully saturated rings. The van der Waals surface area contributed by atoms with Gasteiger partial charge in [-0.15, -0.1) is 0 Å². The topological polar surface area (TPSA) is 83.0 Å². The van der Waals surface area contributed by atoms with Crippen LogP contribution in [0.25, 0.3) is 17.4 Å². The van der Waals surface area contributed by atoms with Gasteiger partial charge in [-0.3, -0.25) is 9.36 Å². The molecule has 206 valence electrons. The average Bonchev–Trinajstić information content (AvgIpc) is 3.53. The van der Waals surface area contributed by atoms with Gasteiger partial charge in [0.25, 0.3) is 5.56 Å². The van der Waals surface area contributed by atoms with Gasteiger partial charge in [-0.2, -0.15) is 0 Å². The van der Waals surface area contributed by atoms with Crippen LogP contribution >= 0.6 is 38.9 Å². The number of benzene rings is 2. The number of thiazole rings is 1. The summed E-state index contributed by atoms with van der Waals surface area (Å²) in [5, 5.41) is 0.450. The van der Waals surface area contributed by atoms with E-state index in [4.69, 9.17) is 30.5 Å². The van der Waals surface area contributed by atoms with Gasteiger partial charge >= 0.3 is 5.97 Å². The number of carbonyl (C=O) groups is 1. The third-order valence-corrected chi connectivity index (χ3v) is 8.15. The number of methoxy groups -OCH3 is 1. The maximum atomic E-state index is 14.0. The Balaban J connectivity index is 1.71. The molecule has 0 N–H and O–H groups in total. The van der Waals surface area contributed by atoms with Gasteiger partial charge in [0.05, 0.1) is 29.5 Å². The first-order valence-corrected chi connectivity index (χ1v) is 14.7. The molecule has 0 amide bonds. The van der Waals surface area contributed by atoms with Gasteiger partial charge in [0.2, 0.25) is 0 Å². The lowest BCUT2D eigenvalue weighted by molar-refractivity contribution is -0.139. The first kappa shape index (κ1) is 28.1. The number of carbonyl (C=O) groups excluding carboxylic acids is 1. The molecule has 0 saturated heterocycles. The van der Waals surface area contributed by atoms with E-state index in [9.17, 15) is 9.59 Å². The highest BCUT2D eigenvalue weighted by Gasteiger charge is 2.36. The molecule has 1 aliphatic rings. The molecule has 3 heterocycles. The first-order chi connectivity index (χ1) is 19.3. The Kier molecular flexibility index (Phi) is 8.44. The number of hydrogen-bond acceptors (Lipinski definition) is 7. The third-order valence-electron chi connectivity index (χ3n) is 6.41. The number of hydrogen-bond donors (Lipinski definition) is 0. The minimum Gasteiger partial charge on any atom is -0.496 e. The van der Waals surface area contributed by atoms with Crippen LogP contribution in [-0.4, -0.2) is 24.3 Å². The van der Waals surface area contributed by atoms with E-state index >= 15 is 0 Å². The Morgan fingerprint density at radius 3 is 2.65 bits per heavy atom. The van der Waals surface area contributed by atoms with Crippen molar-refractivity contribution in [1.29, 1.82) is 0 Å². The smallest absolute Gasteiger partial charge is 0.338 e. The van der Waals surface area contributed by atoms with Crippen molar-refractivity contribution < 1.29 is 18.7 Å². The lowest BCUT2D eigenvalue weighted by Crippen LogP contribution is -2.40. The number of esters is 1. The van der Waals surface area contributed by atoms with Crippen molar-refractivity contribution in [3.8, 4) is 17.1 Å². The summed E-state index contributed by atoms with van der Waals surface area (Å²) in [5.74, 6) is 1.18. The van der Waals surface area contributed by atoms with E-state index in [2.05, 4.69) is 15.9 Å². The summed E-state index contributed by atoms with van der Waals surface area (Å²) >= 11 is 11.1. The Bertz CT molecular complexity index is 1790. The van der Waals surface area contributed by atoms with Gasteiger partial charge in [-0.1, -0.05) is 64.3 Å². The number of halogens is 2. The average molecular weight is 642 g/mol. The Labute approximate surface area is 248 Å². The molecule has 2 aromatic carbocycles. The number of aromatic nitrogens is 1. The zero-order chi connectivity index (χ0) is 28.4. The van der Waals surface area contributed by atoms with Crippen LogP contribution in [0.2, 0.25) is 5.02 Å². The highest BCUT2D eigenvalue weighted by molar-refractivity contribution is 9.10. The van der Waals surface area contributed by atoms with E-state index in [1.165, 1.54) is 23.0 Å². The van der Waals surface area contributed by atoms with E-state index < -0.39 is 12.0 Å². The molecule has 40 heavy (non-hydrogen) atoms. The SMILES string of the molecule is CCCC1=C(C(=O)OCC)[C@H](c2cc(Cl)ccc2OC)n2c(s/c(=C/c3ccc(-c4ccc(Br)cc4)o3)c2=O)=N1. The molecule has 0 saturated carbocycles. The molecular weight excluding hydrogens is 616 g/mol. The second kappa shape index (κ2) is 12.0. The van der Waals surface area contributed by atoms with E-state index in [1.54, 1.807) is 31.2 Å². The van der Waals surface area contributed by atoms with Gasteiger partial charge < -0.3 is 13.9 Å². The molecule has 1 atom stereocenters. The molecule has 0 bridgehead atoms. The van der Waals surface area contributed by atoms with Crippen molar-refractivity contribution >= 4 is 50.9 Å². The van der Waals surface area contributed by atoms with Crippen LogP contribution in [0.15, 0.2) is 84.5 Å². The molecule has 4 aromatic rings. The third kappa shape index (κ3) is 5.46. The summed E-state index contributed by atoms with van der Waals surface area (Å²) in [6, 6.07) is 15.8. The quantitative estimate of drug-likeness (QED) is 0.212. The molecule has 2 aromatic heterocycles. The van der Waals surface area contributed by atoms with Gasteiger partial charge in [0.15, 0.2) is 4.80 Å². The van der Waals surface area contributed by atoms with E-state index in [-0.39, 0.29) is 12.2 Å². The number of nitrogens with zero attached hydrogens (tertiary/aromatic N) is 2. The number of fused-ring (bicyclic) bond motifs is 1. The minimum atomic E-state index is -0.831. The van der Waals surface area contributed by atoms with Crippen molar-refractivity contribution in [2.24, 2.45) is 4.99 Å². The Hall–Kier alpha value is -3.40. The summed E-state index contributed by atoms with van der Waals surface area (Å²) in [6.45, 7) is 3.94. The fourth-order valence-electron chi connectivity index (χ4n) is 4.66. The number of allylic oxidation sites excluding steroid dienone is 1. The molecule has 0 radical (unpaired) electrons. The van der Waals surface area contributed by atoms with E-state index in [0.29, 0.717) is 54.9 Å². The molecule has 10 heteroatoms. The van der Waals surface area contributed by atoms with Gasteiger partial charge in [-0.05, 0) is 55.8 Å². The largest absolute Gasteiger partial charge is 0.496 e. The van der Waals surface area contributed by atoms with Crippen LogP contribution in [0.3, 0.4) is 0 Å². The molecule has 1 aliphatic heterocycles. The summed E-state index contributed by atoms with van der Waals surface area (Å²) in [7, 11) is 1.54. The number of furan rings is 1. The molecule has 5 rings (SSSR count). The fraction of sp³-hybridized carbons (Fsp3) is 0.233. The predicted octanol–water partition coefficient (Wildman–Crippen LogP) is 6.26. The van der Waals surface area contributed by atoms with Crippen molar-refractivity contribution in [2.75, 3.05) is 13.7 Å². The van der Waals surface area contributed by atoms with Crippen LogP contribution in [0, 0.1) is 0 Å². The van der Waals surface area contributed by atoms with Crippen molar-refractivity contribution in [3.63, 3.8) is 0 Å². The number of ether oxygens (including phenoxy) is 2. The molecule has 7 nitrogen and oxygen atoms in total. The van der Waals surface area contributed by atoms with Crippen molar-refractivity contribution in [2.45, 2.75) is 32.7 Å². The zero-order valence-electron chi connectivity index (χ0n) is 22.1. The van der Waals surface area contributed by atoms with Crippen molar-refractivity contribution in [1.82, 2.24) is 4.57 Å². The second-order valence-corrected chi connectivity index (χ2v) is 11.4. The second-order valence-electron chi connectivity index (χ2n) is 9.01. The normalized spacial score (nSPS) is 15.1. The first-order valence-electron chi connectivity index (χ1n) is 12.8. The monoisotopic (exact) mass is 640 g/mol. The predicted molar refractivity (Wildman–Crippen MR) is 159 cm³/mol. The van der Waals surface area contributed by atoms with Gasteiger partial charge in [0.1, 0.15) is 23.3 Å². The van der Waals surface area contributed by atoms with Crippen LogP contribution in [-0.2, 0) is 9.53 Å². The summed E-state index contributed by atoms with van der Waals surface area (Å²) in [4.78, 5) is 32.6. The summed E-state index contributed by atoms with van der Waals surface area (Å²) in [5.41, 5.74) is 2.06. The van der Waals surface area contributed by atoms with E-state index in [0.717, 1.165) is 16.5 Å². The maximum absolute atomic E-state index is 14.0. The lowest BCUT2D eigenvalue weighted by atomic mass is 9.93. The minimum absolute atomic E-state index is 0.185. The standard InChI is InChI=1S/C30H26BrClN2O5S/c1-4-6-22-26(29(36)38-5-2)27(21-15-19(32)11-13-24(21)37-3)34-28(35)25(40-30(34)33-22)16-20-12-14-23(39-20)17-7-9-18(31)10-8-17/h7-16,27H,4-6H2,1-3H3/b25-16+/t27-/m0/s1. The van der Waals surface area contributed by atoms with Crippen LogP contribution in [0.5, 0.6) is 5.75 Å². The molecular formula is C30H26BrClN2O5S. The Morgan fingerprint density at radius 2 is 1.95 bits per heavy atom. The lowest BCUT2D eigenvalue weighted by Gasteiger charge is -2.27. The Morgan fingerprint density at radius 1 is 1.18 bits per heavy atom. The van der Waals surface area contributed by atoms with Crippen molar-refractivity contribution in [3.05, 3.63) is 106 Å². The summed E-state index contributed by atoms with van der Waals surface area (Å²) < 4.78 is 20.1. The van der Waals surface area contributed by atoms with Crippen LogP contribution in [0.1, 0.15) is 44.1 Å². The van der Waals surface area contributed by atoms with Crippen LogP contribution in [0.4, 0.5) is 0 Å². The fourth-order valence-corrected chi connectivity index (χ4v) is 6.11. The summed E-state index contributed by atoms with van der Waals surface area (Å²) in [6.07, 6.45) is 2.99. The van der Waals surface area contributed by atoms with Gasteiger partial charge in [-0.25, -0.2) is 9.79 Å². The maximum Gasteiger partial charge on any atom is 0.338 e. The molecule has 0 spiro atoms. The highest BCUT2D eigenvalue weighted by Crippen LogP contribution is 2.38. The van der Waals surface area contributed by atoms with E-state index in [1.807, 2.05) is 43.3 Å². The van der Waals surface area contributed by atoms with Gasteiger partial charge in [0, 0.05) is 26.7 Å². The number of rotatable bonds is 8. The highest BCUT2D eigenvalue weighted by atomic mass is 79.9. The zero-order valence-corrected chi connectivity index (χ0v) is 25.2.